The minimum Gasteiger partial charge on any atom is -0.496 e. The van der Waals surface area contributed by atoms with Crippen molar-refractivity contribution in [1.29, 1.82) is 0 Å². The molecule has 1 aliphatic rings. The van der Waals surface area contributed by atoms with E-state index in [9.17, 15) is 4.79 Å². The molecule has 0 aliphatic carbocycles. The number of nitrogens with one attached hydrogen (secondary N) is 1. The molecule has 1 aliphatic heterocycles. The summed E-state index contributed by atoms with van der Waals surface area (Å²) < 4.78 is 5.38. The van der Waals surface area contributed by atoms with Gasteiger partial charge in [0.1, 0.15) is 5.75 Å². The van der Waals surface area contributed by atoms with Crippen molar-refractivity contribution in [3.8, 4) is 17.1 Å². The molecule has 6 nitrogen and oxygen atoms in total. The molecule has 150 valence electrons. The Hall–Kier alpha value is -2.51. The Balaban J connectivity index is 1.51. The smallest absolute Gasteiger partial charge is 0.240 e. The van der Waals surface area contributed by atoms with Gasteiger partial charge < -0.3 is 9.64 Å². The molecule has 2 heterocycles. The van der Waals surface area contributed by atoms with Crippen LogP contribution in [-0.4, -0.2) is 40.0 Å². The average Bonchev–Trinajstić information content (AvgIpc) is 3.21. The first-order valence-corrected chi connectivity index (χ1v) is 10.6. The number of fused-ring (bicyclic) bond motifs is 1. The predicted molar refractivity (Wildman–Crippen MR) is 116 cm³/mol. The van der Waals surface area contributed by atoms with E-state index in [-0.39, 0.29) is 11.2 Å². The molecule has 4 rings (SSSR count). The number of thioether (sulfide) groups is 1. The number of anilines is 1. The Morgan fingerprint density at radius 1 is 1.31 bits per heavy atom. The number of hydrogen-bond acceptors (Lipinski definition) is 5. The van der Waals surface area contributed by atoms with E-state index in [1.165, 1.54) is 17.3 Å². The third-order valence-corrected chi connectivity index (χ3v) is 6.07. The number of hydrogen-bond donors (Lipinski definition) is 1. The van der Waals surface area contributed by atoms with Crippen LogP contribution in [0.1, 0.15) is 18.9 Å². The van der Waals surface area contributed by atoms with Crippen molar-refractivity contribution in [3.63, 3.8) is 0 Å². The van der Waals surface area contributed by atoms with Crippen LogP contribution < -0.4 is 9.64 Å². The maximum absolute atomic E-state index is 13.1. The molecule has 8 heteroatoms. The lowest BCUT2D eigenvalue weighted by Gasteiger charge is -2.31. The van der Waals surface area contributed by atoms with E-state index in [1.54, 1.807) is 25.3 Å². The van der Waals surface area contributed by atoms with Gasteiger partial charge in [-0.1, -0.05) is 41.6 Å². The van der Waals surface area contributed by atoms with Crippen molar-refractivity contribution in [3.05, 3.63) is 53.1 Å². The Kier molecular flexibility index (Phi) is 5.78. The van der Waals surface area contributed by atoms with Crippen LogP contribution in [0.3, 0.4) is 0 Å². The molecule has 2 aromatic carbocycles. The molecule has 1 amide bonds. The largest absolute Gasteiger partial charge is 0.496 e. The molecule has 0 saturated heterocycles. The van der Waals surface area contributed by atoms with Crippen LogP contribution in [-0.2, 0) is 11.2 Å². The van der Waals surface area contributed by atoms with Gasteiger partial charge in [0.15, 0.2) is 5.82 Å². The summed E-state index contributed by atoms with van der Waals surface area (Å²) in [6, 6.07) is 13.4. The molecule has 1 aromatic heterocycles. The molecule has 0 radical (unpaired) electrons. The minimum absolute atomic E-state index is 0.0637. The lowest BCUT2D eigenvalue weighted by atomic mass is 10.0. The van der Waals surface area contributed by atoms with Crippen LogP contribution in [0.2, 0.25) is 5.02 Å². The van der Waals surface area contributed by atoms with E-state index in [0.29, 0.717) is 21.8 Å². The first-order chi connectivity index (χ1) is 14.1. The summed E-state index contributed by atoms with van der Waals surface area (Å²) in [4.78, 5) is 19.5. The number of methoxy groups -OCH3 is 1. The van der Waals surface area contributed by atoms with Crippen molar-refractivity contribution < 1.29 is 9.53 Å². The highest BCUT2D eigenvalue weighted by Gasteiger charge is 2.27. The lowest BCUT2D eigenvalue weighted by molar-refractivity contribution is -0.117. The number of carbonyl (C=O) groups is 1. The van der Waals surface area contributed by atoms with Gasteiger partial charge in [0, 0.05) is 17.3 Å². The van der Waals surface area contributed by atoms with Crippen molar-refractivity contribution in [2.75, 3.05) is 18.6 Å². The van der Waals surface area contributed by atoms with Gasteiger partial charge in [0.05, 0.1) is 17.9 Å². The van der Waals surface area contributed by atoms with Gasteiger partial charge in [-0.2, -0.15) is 0 Å². The van der Waals surface area contributed by atoms with Gasteiger partial charge in [-0.3, -0.25) is 9.89 Å². The molecule has 1 atom stereocenters. The third-order valence-electron chi connectivity index (χ3n) is 4.89. The van der Waals surface area contributed by atoms with Crippen LogP contribution in [0.15, 0.2) is 47.6 Å². The van der Waals surface area contributed by atoms with E-state index in [0.717, 1.165) is 30.6 Å². The maximum atomic E-state index is 13.1. The first kappa shape index (κ1) is 19.8. The van der Waals surface area contributed by atoms with Crippen molar-refractivity contribution >= 4 is 35.0 Å². The summed E-state index contributed by atoms with van der Waals surface area (Å²) >= 11 is 7.45. The van der Waals surface area contributed by atoms with Gasteiger partial charge >= 0.3 is 0 Å². The van der Waals surface area contributed by atoms with E-state index in [2.05, 4.69) is 21.2 Å². The highest BCUT2D eigenvalue weighted by Crippen LogP contribution is 2.33. The van der Waals surface area contributed by atoms with Crippen molar-refractivity contribution in [1.82, 2.24) is 15.2 Å². The molecule has 0 bridgehead atoms. The molecular formula is C21H21ClN4O2S. The van der Waals surface area contributed by atoms with Gasteiger partial charge in [-0.15, -0.1) is 5.10 Å². The molecular weight excluding hydrogens is 408 g/mol. The number of aromatic amines is 1. The molecule has 3 aromatic rings. The van der Waals surface area contributed by atoms with Gasteiger partial charge in [-0.25, -0.2) is 4.98 Å². The predicted octanol–water partition coefficient (Wildman–Crippen LogP) is 4.59. The monoisotopic (exact) mass is 428 g/mol. The number of para-hydroxylation sites is 1. The first-order valence-electron chi connectivity index (χ1n) is 9.39. The standard InChI is InChI=1S/C21H21ClN4O2S/c1-13(20(27)26-11-5-7-14-6-3-4-8-17(14)26)29-21-23-19(24-25-21)16-12-15(22)9-10-18(16)28-2/h3-4,6,8-10,12-13H,5,7,11H2,1-2H3,(H,23,24,25)/t13-/m1/s1. The number of ether oxygens (including phenoxy) is 1. The Labute approximate surface area is 178 Å². The number of rotatable bonds is 5. The summed E-state index contributed by atoms with van der Waals surface area (Å²) in [6.07, 6.45) is 1.98. The lowest BCUT2D eigenvalue weighted by Crippen LogP contribution is -2.40. The number of H-pyrrole nitrogens is 1. The van der Waals surface area contributed by atoms with Crippen LogP contribution >= 0.6 is 23.4 Å². The SMILES string of the molecule is COc1ccc(Cl)cc1-c1nc(S[C@H](C)C(=O)N2CCCc3ccccc32)n[nH]1. The van der Waals surface area contributed by atoms with Crippen LogP contribution in [0, 0.1) is 0 Å². The Morgan fingerprint density at radius 3 is 2.97 bits per heavy atom. The number of nitrogens with zero attached hydrogens (tertiary/aromatic N) is 3. The third kappa shape index (κ3) is 4.11. The van der Waals surface area contributed by atoms with E-state index >= 15 is 0 Å². The van der Waals surface area contributed by atoms with Crippen LogP contribution in [0.5, 0.6) is 5.75 Å². The summed E-state index contributed by atoms with van der Waals surface area (Å²) in [7, 11) is 1.59. The number of carbonyl (C=O) groups excluding carboxylic acids is 1. The van der Waals surface area contributed by atoms with E-state index < -0.39 is 0 Å². The average molecular weight is 429 g/mol. The van der Waals surface area contributed by atoms with E-state index in [4.69, 9.17) is 16.3 Å². The normalized spacial score (nSPS) is 14.4. The molecule has 0 saturated carbocycles. The maximum Gasteiger partial charge on any atom is 0.240 e. The molecule has 29 heavy (non-hydrogen) atoms. The highest BCUT2D eigenvalue weighted by atomic mass is 35.5. The van der Waals surface area contributed by atoms with E-state index in [1.807, 2.05) is 30.0 Å². The Morgan fingerprint density at radius 2 is 2.14 bits per heavy atom. The fraction of sp³-hybridized carbons (Fsp3) is 0.286. The summed E-state index contributed by atoms with van der Waals surface area (Å²) in [6.45, 7) is 2.62. The molecule has 1 N–H and O–H groups in total. The zero-order valence-electron chi connectivity index (χ0n) is 16.2. The van der Waals surface area contributed by atoms with Crippen LogP contribution in [0.25, 0.3) is 11.4 Å². The van der Waals surface area contributed by atoms with Crippen molar-refractivity contribution in [2.24, 2.45) is 0 Å². The zero-order chi connectivity index (χ0) is 20.4. The van der Waals surface area contributed by atoms with Crippen LogP contribution in [0.4, 0.5) is 5.69 Å². The number of halogens is 1. The highest BCUT2D eigenvalue weighted by molar-refractivity contribution is 8.00. The Bertz CT molecular complexity index is 1040. The molecule has 0 fully saturated rings. The zero-order valence-corrected chi connectivity index (χ0v) is 17.8. The fourth-order valence-corrected chi connectivity index (χ4v) is 4.43. The second-order valence-electron chi connectivity index (χ2n) is 6.79. The van der Waals surface area contributed by atoms with Gasteiger partial charge in [-0.05, 0) is 49.6 Å². The summed E-state index contributed by atoms with van der Waals surface area (Å²) in [5.41, 5.74) is 2.95. The second-order valence-corrected chi connectivity index (χ2v) is 8.54. The fourth-order valence-electron chi connectivity index (χ4n) is 3.48. The van der Waals surface area contributed by atoms with Gasteiger partial charge in [0.25, 0.3) is 0 Å². The van der Waals surface area contributed by atoms with Crippen molar-refractivity contribution in [2.45, 2.75) is 30.2 Å². The number of aryl methyl sites for hydroxylation is 1. The quantitative estimate of drug-likeness (QED) is 0.601. The summed E-state index contributed by atoms with van der Waals surface area (Å²) in [5.74, 6) is 1.26. The summed E-state index contributed by atoms with van der Waals surface area (Å²) in [5, 5.41) is 7.96. The minimum atomic E-state index is -0.314. The molecule has 0 unspecified atom stereocenters. The van der Waals surface area contributed by atoms with Gasteiger partial charge in [0.2, 0.25) is 11.1 Å². The second kappa shape index (κ2) is 8.47. The molecule has 0 spiro atoms. The topological polar surface area (TPSA) is 71.1 Å². The number of aromatic nitrogens is 3. The number of benzene rings is 2. The number of amides is 1.